The van der Waals surface area contributed by atoms with E-state index in [0.29, 0.717) is 5.52 Å². The Morgan fingerprint density at radius 2 is 2.08 bits per heavy atom. The maximum absolute atomic E-state index is 9.41. The van der Waals surface area contributed by atoms with E-state index in [1.165, 1.54) is 0 Å². The lowest BCUT2D eigenvalue weighted by molar-refractivity contribution is 0.190. The van der Waals surface area contributed by atoms with Crippen LogP contribution in [0.15, 0.2) is 30.5 Å². The van der Waals surface area contributed by atoms with E-state index < -0.39 is 0 Å². The minimum atomic E-state index is 0.175. The predicted octanol–water partition coefficient (Wildman–Crippen LogP) is 2.00. The van der Waals surface area contributed by atoms with Crippen molar-refractivity contribution < 1.29 is 5.21 Å². The Hall–Kier alpha value is -1.42. The summed E-state index contributed by atoms with van der Waals surface area (Å²) in [6, 6.07) is 7.37. The normalized spacial score (nSPS) is 10.3. The van der Waals surface area contributed by atoms with Crippen molar-refractivity contribution in [3.63, 3.8) is 0 Å². The van der Waals surface area contributed by atoms with Crippen LogP contribution in [0.25, 0.3) is 10.9 Å². The fourth-order valence-corrected chi connectivity index (χ4v) is 1.22. The Bertz CT molecular complexity index is 478. The van der Waals surface area contributed by atoms with Crippen molar-refractivity contribution in [2.24, 2.45) is 0 Å². The average molecular weight is 178 g/mol. The van der Waals surface area contributed by atoms with E-state index in [0.717, 1.165) is 10.1 Å². The summed E-state index contributed by atoms with van der Waals surface area (Å²) in [6.45, 7) is 0. The van der Waals surface area contributed by atoms with Gasteiger partial charge in [0, 0.05) is 11.6 Å². The minimum absolute atomic E-state index is 0.175. The van der Waals surface area contributed by atoms with E-state index in [1.54, 1.807) is 12.3 Å². The van der Waals surface area contributed by atoms with Gasteiger partial charge in [0.2, 0.25) is 4.77 Å². The molecule has 0 unspecified atom stereocenters. The summed E-state index contributed by atoms with van der Waals surface area (Å²) in [5.74, 6) is 0. The number of aromatic nitrogens is 2. The summed E-state index contributed by atoms with van der Waals surface area (Å²) < 4.78 is 1.08. The van der Waals surface area contributed by atoms with Gasteiger partial charge >= 0.3 is 0 Å². The highest BCUT2D eigenvalue weighted by atomic mass is 32.1. The largest absolute Gasteiger partial charge is 0.425 e. The maximum Gasteiger partial charge on any atom is 0.233 e. The molecule has 2 aromatic rings. The molecule has 2 rings (SSSR count). The molecule has 60 valence electrons. The molecule has 1 N–H and O–H groups in total. The first-order valence-electron chi connectivity index (χ1n) is 3.45. The fourth-order valence-electron chi connectivity index (χ4n) is 1.07. The van der Waals surface area contributed by atoms with Crippen molar-refractivity contribution in [2.45, 2.75) is 0 Å². The Labute approximate surface area is 73.9 Å². The molecule has 0 saturated carbocycles. The zero-order valence-electron chi connectivity index (χ0n) is 6.14. The molecule has 0 atom stereocenters. The molecule has 0 spiro atoms. The van der Waals surface area contributed by atoms with Crippen LogP contribution in [0.1, 0.15) is 0 Å². The van der Waals surface area contributed by atoms with Crippen LogP contribution < -0.4 is 0 Å². The van der Waals surface area contributed by atoms with Gasteiger partial charge in [0.25, 0.3) is 0 Å². The third-order valence-electron chi connectivity index (χ3n) is 1.66. The SMILES string of the molecule is On1c(=S)ncc2ccccc21. The lowest BCUT2D eigenvalue weighted by atomic mass is 10.2. The number of rotatable bonds is 0. The number of hydrogen-bond acceptors (Lipinski definition) is 3. The van der Waals surface area contributed by atoms with Gasteiger partial charge in [-0.1, -0.05) is 18.2 Å². The third kappa shape index (κ3) is 0.967. The summed E-state index contributed by atoms with van der Waals surface area (Å²) in [6.07, 6.45) is 1.64. The fraction of sp³-hybridized carbons (Fsp3) is 0. The van der Waals surface area contributed by atoms with E-state index in [9.17, 15) is 5.21 Å². The first-order valence-corrected chi connectivity index (χ1v) is 3.86. The molecule has 0 aliphatic heterocycles. The van der Waals surface area contributed by atoms with Crippen LogP contribution >= 0.6 is 12.2 Å². The second kappa shape index (κ2) is 2.57. The lowest BCUT2D eigenvalue weighted by Crippen LogP contribution is -1.97. The quantitative estimate of drug-likeness (QED) is 0.495. The minimum Gasteiger partial charge on any atom is -0.425 e. The molecule has 3 nitrogen and oxygen atoms in total. The van der Waals surface area contributed by atoms with Gasteiger partial charge < -0.3 is 5.21 Å². The molecular weight excluding hydrogens is 172 g/mol. The van der Waals surface area contributed by atoms with Gasteiger partial charge in [-0.3, -0.25) is 0 Å². The lowest BCUT2D eigenvalue weighted by Gasteiger charge is -2.01. The summed E-state index contributed by atoms with van der Waals surface area (Å²) in [4.78, 5) is 3.83. The van der Waals surface area contributed by atoms with Crippen LogP contribution in [0.2, 0.25) is 0 Å². The molecule has 1 heterocycles. The number of fused-ring (bicyclic) bond motifs is 1. The number of para-hydroxylation sites is 1. The Morgan fingerprint density at radius 1 is 1.33 bits per heavy atom. The van der Waals surface area contributed by atoms with Crippen LogP contribution in [0.4, 0.5) is 0 Å². The molecule has 1 aromatic heterocycles. The molecule has 0 bridgehead atoms. The van der Waals surface area contributed by atoms with Crippen LogP contribution in [-0.2, 0) is 0 Å². The van der Waals surface area contributed by atoms with Crippen LogP contribution in [0.5, 0.6) is 0 Å². The first kappa shape index (κ1) is 7.24. The molecule has 0 fully saturated rings. The van der Waals surface area contributed by atoms with Gasteiger partial charge in [0.1, 0.15) is 0 Å². The van der Waals surface area contributed by atoms with E-state index in [1.807, 2.05) is 18.2 Å². The Morgan fingerprint density at radius 3 is 2.92 bits per heavy atom. The van der Waals surface area contributed by atoms with Crippen LogP contribution in [0.3, 0.4) is 0 Å². The summed E-state index contributed by atoms with van der Waals surface area (Å²) in [5.41, 5.74) is 0.678. The Balaban J connectivity index is 3.01. The predicted molar refractivity (Wildman–Crippen MR) is 47.8 cm³/mol. The molecule has 0 aliphatic carbocycles. The number of hydrogen-bond donors (Lipinski definition) is 1. The molecule has 1 aromatic carbocycles. The molecule has 0 amide bonds. The standard InChI is InChI=1S/C8H6N2OS/c11-10-7-4-2-1-3-6(7)5-9-8(10)12/h1-5,11H. The summed E-state index contributed by atoms with van der Waals surface area (Å²) in [7, 11) is 0. The summed E-state index contributed by atoms with van der Waals surface area (Å²) in [5, 5.41) is 10.3. The van der Waals surface area contributed by atoms with Crippen molar-refractivity contribution in [1.29, 1.82) is 0 Å². The number of benzene rings is 1. The van der Waals surface area contributed by atoms with Crippen molar-refractivity contribution in [3.8, 4) is 0 Å². The van der Waals surface area contributed by atoms with Gasteiger partial charge in [-0.05, 0) is 18.3 Å². The molecular formula is C8H6N2OS. The first-order chi connectivity index (χ1) is 5.79. The van der Waals surface area contributed by atoms with E-state index in [2.05, 4.69) is 4.98 Å². The third-order valence-corrected chi connectivity index (χ3v) is 1.94. The van der Waals surface area contributed by atoms with E-state index in [-0.39, 0.29) is 4.77 Å². The van der Waals surface area contributed by atoms with Gasteiger partial charge in [0.05, 0.1) is 5.52 Å². The van der Waals surface area contributed by atoms with Gasteiger partial charge in [0.15, 0.2) is 0 Å². The molecule has 0 radical (unpaired) electrons. The number of nitrogens with zero attached hydrogens (tertiary/aromatic N) is 2. The second-order valence-electron chi connectivity index (χ2n) is 2.41. The summed E-state index contributed by atoms with van der Waals surface area (Å²) >= 11 is 4.78. The van der Waals surface area contributed by atoms with Crippen molar-refractivity contribution in [3.05, 3.63) is 35.2 Å². The molecule has 12 heavy (non-hydrogen) atoms. The van der Waals surface area contributed by atoms with E-state index in [4.69, 9.17) is 12.2 Å². The van der Waals surface area contributed by atoms with Crippen molar-refractivity contribution in [2.75, 3.05) is 0 Å². The monoisotopic (exact) mass is 178 g/mol. The van der Waals surface area contributed by atoms with Crippen LogP contribution in [-0.4, -0.2) is 14.9 Å². The van der Waals surface area contributed by atoms with Crippen molar-refractivity contribution in [1.82, 2.24) is 9.71 Å². The van der Waals surface area contributed by atoms with Crippen LogP contribution in [0, 0.1) is 4.77 Å². The molecule has 4 heteroatoms. The van der Waals surface area contributed by atoms with Gasteiger partial charge in [-0.15, -0.1) is 0 Å². The highest BCUT2D eigenvalue weighted by Crippen LogP contribution is 2.10. The van der Waals surface area contributed by atoms with E-state index >= 15 is 0 Å². The van der Waals surface area contributed by atoms with Gasteiger partial charge in [-0.25, -0.2) is 4.98 Å². The average Bonchev–Trinajstić information content (AvgIpc) is 2.12. The maximum atomic E-state index is 9.41. The zero-order chi connectivity index (χ0) is 8.55. The second-order valence-corrected chi connectivity index (χ2v) is 2.78. The van der Waals surface area contributed by atoms with Gasteiger partial charge in [-0.2, -0.15) is 4.73 Å². The highest BCUT2D eigenvalue weighted by Gasteiger charge is 1.96. The Kier molecular flexibility index (Phi) is 1.55. The molecule has 0 aliphatic rings. The van der Waals surface area contributed by atoms with Crippen molar-refractivity contribution >= 4 is 23.1 Å². The highest BCUT2D eigenvalue weighted by molar-refractivity contribution is 7.71. The topological polar surface area (TPSA) is 38.0 Å². The smallest absolute Gasteiger partial charge is 0.233 e. The molecule has 0 saturated heterocycles. The zero-order valence-corrected chi connectivity index (χ0v) is 6.95.